The van der Waals surface area contributed by atoms with E-state index in [1.54, 1.807) is 54.6 Å². The number of amides is 2. The van der Waals surface area contributed by atoms with E-state index in [9.17, 15) is 19.1 Å². The largest absolute Gasteiger partial charge is 0.505 e. The number of hydrogen-bond acceptors (Lipinski definition) is 5. The third-order valence-corrected chi connectivity index (χ3v) is 5.95. The number of halogens is 2. The van der Waals surface area contributed by atoms with Crippen molar-refractivity contribution in [2.45, 2.75) is 25.9 Å². The summed E-state index contributed by atoms with van der Waals surface area (Å²) in [5.74, 6) is -1.85. The van der Waals surface area contributed by atoms with Crippen LogP contribution in [-0.4, -0.2) is 17.1 Å². The number of benzene rings is 3. The Balaban J connectivity index is 1.63. The fourth-order valence-corrected chi connectivity index (χ4v) is 3.76. The van der Waals surface area contributed by atoms with E-state index < -0.39 is 23.8 Å². The molecule has 0 spiro atoms. The molecule has 2 amide bonds. The summed E-state index contributed by atoms with van der Waals surface area (Å²) in [6, 6.07) is 17.8. The predicted octanol–water partition coefficient (Wildman–Crippen LogP) is 6.78. The standard InChI is InChI=1S/C27H27BrFN3O4/c1-17(6-2-5-9-25(34)32-23-8-4-3-7-22(23)30)26(18-10-15-24(33)21(29)16-18)36-27(35)31-20-13-11-19(28)12-14-20/h3-5,7-17,26,33H,2,6,30H2,1H3,(H,31,35)(H,32,34)/b9-5+/t17-,26+/m0/s1. The van der Waals surface area contributed by atoms with Crippen LogP contribution in [0, 0.1) is 11.7 Å². The minimum Gasteiger partial charge on any atom is -0.505 e. The van der Waals surface area contributed by atoms with Gasteiger partial charge in [-0.15, -0.1) is 0 Å². The van der Waals surface area contributed by atoms with Crippen LogP contribution in [0.4, 0.5) is 26.2 Å². The Labute approximate surface area is 217 Å². The minimum atomic E-state index is -0.807. The number of hydrogen-bond donors (Lipinski definition) is 4. The smallest absolute Gasteiger partial charge is 0.412 e. The van der Waals surface area contributed by atoms with Gasteiger partial charge in [0, 0.05) is 10.2 Å². The summed E-state index contributed by atoms with van der Waals surface area (Å²) in [5.41, 5.74) is 7.78. The Kier molecular flexibility index (Phi) is 9.46. The number of nitrogen functional groups attached to an aromatic ring is 1. The summed E-state index contributed by atoms with van der Waals surface area (Å²) in [6.45, 7) is 1.86. The van der Waals surface area contributed by atoms with Crippen molar-refractivity contribution in [2.24, 2.45) is 5.92 Å². The molecule has 0 aliphatic rings. The van der Waals surface area contributed by atoms with Gasteiger partial charge in [-0.2, -0.15) is 0 Å². The van der Waals surface area contributed by atoms with Crippen LogP contribution < -0.4 is 16.4 Å². The fourth-order valence-electron chi connectivity index (χ4n) is 3.49. The monoisotopic (exact) mass is 555 g/mol. The summed E-state index contributed by atoms with van der Waals surface area (Å²) in [6.07, 6.45) is 2.68. The van der Waals surface area contributed by atoms with E-state index in [-0.39, 0.29) is 11.8 Å². The number of rotatable bonds is 9. The highest BCUT2D eigenvalue weighted by Crippen LogP contribution is 2.32. The second-order valence-electron chi connectivity index (χ2n) is 8.20. The van der Waals surface area contributed by atoms with Crippen molar-refractivity contribution in [3.8, 4) is 5.75 Å². The highest BCUT2D eigenvalue weighted by molar-refractivity contribution is 9.10. The maximum atomic E-state index is 14.1. The first-order valence-electron chi connectivity index (χ1n) is 11.3. The van der Waals surface area contributed by atoms with Crippen LogP contribution in [0.5, 0.6) is 5.75 Å². The first kappa shape index (κ1) is 26.7. The molecule has 0 fully saturated rings. The number of allylic oxidation sites excluding steroid dienone is 1. The van der Waals surface area contributed by atoms with E-state index in [4.69, 9.17) is 10.5 Å². The second-order valence-corrected chi connectivity index (χ2v) is 9.12. The maximum Gasteiger partial charge on any atom is 0.412 e. The molecule has 9 heteroatoms. The summed E-state index contributed by atoms with van der Waals surface area (Å²) < 4.78 is 20.6. The van der Waals surface area contributed by atoms with Crippen LogP contribution in [-0.2, 0) is 9.53 Å². The molecule has 0 bridgehead atoms. The Morgan fingerprint density at radius 1 is 1.11 bits per heavy atom. The summed E-state index contributed by atoms with van der Waals surface area (Å²) in [7, 11) is 0. The average molecular weight is 556 g/mol. The summed E-state index contributed by atoms with van der Waals surface area (Å²) >= 11 is 3.34. The van der Waals surface area contributed by atoms with Crippen molar-refractivity contribution >= 4 is 45.0 Å². The number of anilines is 3. The Morgan fingerprint density at radius 2 is 1.83 bits per heavy atom. The summed E-state index contributed by atoms with van der Waals surface area (Å²) in [5, 5.41) is 14.9. The fraction of sp³-hybridized carbons (Fsp3) is 0.185. The van der Waals surface area contributed by atoms with Gasteiger partial charge in [0.2, 0.25) is 5.91 Å². The van der Waals surface area contributed by atoms with E-state index in [1.807, 2.05) is 6.92 Å². The van der Waals surface area contributed by atoms with Crippen molar-refractivity contribution < 1.29 is 23.8 Å². The third-order valence-electron chi connectivity index (χ3n) is 5.42. The molecule has 7 nitrogen and oxygen atoms in total. The molecule has 3 aromatic rings. The predicted molar refractivity (Wildman–Crippen MR) is 142 cm³/mol. The number of phenols is 1. The van der Waals surface area contributed by atoms with Crippen LogP contribution in [0.1, 0.15) is 31.4 Å². The van der Waals surface area contributed by atoms with Crippen molar-refractivity contribution in [3.05, 3.63) is 94.7 Å². The number of para-hydroxylation sites is 2. The van der Waals surface area contributed by atoms with Crippen molar-refractivity contribution in [2.75, 3.05) is 16.4 Å². The van der Waals surface area contributed by atoms with Gasteiger partial charge in [0.05, 0.1) is 11.4 Å². The van der Waals surface area contributed by atoms with E-state index in [2.05, 4.69) is 26.6 Å². The number of carbonyl (C=O) groups excluding carboxylic acids is 2. The number of nitrogens with two attached hydrogens (primary N) is 1. The lowest BCUT2D eigenvalue weighted by atomic mass is 9.93. The molecule has 0 saturated heterocycles. The van der Waals surface area contributed by atoms with Crippen molar-refractivity contribution in [3.63, 3.8) is 0 Å². The lowest BCUT2D eigenvalue weighted by molar-refractivity contribution is -0.111. The van der Waals surface area contributed by atoms with Gasteiger partial charge >= 0.3 is 6.09 Å². The Bertz CT molecular complexity index is 1230. The Morgan fingerprint density at radius 3 is 2.53 bits per heavy atom. The van der Waals surface area contributed by atoms with E-state index >= 15 is 0 Å². The van der Waals surface area contributed by atoms with Crippen molar-refractivity contribution in [1.29, 1.82) is 0 Å². The van der Waals surface area contributed by atoms with Gasteiger partial charge < -0.3 is 20.9 Å². The van der Waals surface area contributed by atoms with Gasteiger partial charge in [0.15, 0.2) is 11.6 Å². The molecule has 0 radical (unpaired) electrons. The molecule has 188 valence electrons. The zero-order chi connectivity index (χ0) is 26.1. The number of aromatic hydroxyl groups is 1. The Hall–Kier alpha value is -3.85. The van der Waals surface area contributed by atoms with Gasteiger partial charge in [-0.1, -0.05) is 47.1 Å². The molecule has 3 aromatic carbocycles. The topological polar surface area (TPSA) is 114 Å². The highest BCUT2D eigenvalue weighted by atomic mass is 79.9. The van der Waals surface area contributed by atoms with Crippen LogP contribution in [0.2, 0.25) is 0 Å². The van der Waals surface area contributed by atoms with Crippen LogP contribution >= 0.6 is 15.9 Å². The van der Waals surface area contributed by atoms with Gasteiger partial charge in [-0.3, -0.25) is 10.1 Å². The normalized spacial score (nSPS) is 12.6. The van der Waals surface area contributed by atoms with E-state index in [0.29, 0.717) is 35.5 Å². The molecule has 0 aliphatic heterocycles. The third kappa shape index (κ3) is 7.84. The minimum absolute atomic E-state index is 0.234. The number of ether oxygens (including phenoxy) is 1. The summed E-state index contributed by atoms with van der Waals surface area (Å²) in [4.78, 5) is 24.8. The second kappa shape index (κ2) is 12.7. The quantitative estimate of drug-likeness (QED) is 0.172. The van der Waals surface area contributed by atoms with Gasteiger partial charge in [0.1, 0.15) is 6.10 Å². The zero-order valence-corrected chi connectivity index (χ0v) is 21.2. The van der Waals surface area contributed by atoms with Gasteiger partial charge in [-0.05, 0) is 78.9 Å². The first-order valence-corrected chi connectivity index (χ1v) is 12.1. The molecule has 5 N–H and O–H groups in total. The highest BCUT2D eigenvalue weighted by Gasteiger charge is 2.24. The number of phenolic OH excluding ortho intramolecular Hbond substituents is 1. The molecule has 0 unspecified atom stereocenters. The van der Waals surface area contributed by atoms with E-state index in [0.717, 1.165) is 10.5 Å². The average Bonchev–Trinajstić information content (AvgIpc) is 2.85. The van der Waals surface area contributed by atoms with Crippen LogP contribution in [0.3, 0.4) is 0 Å². The molecule has 36 heavy (non-hydrogen) atoms. The molecule has 0 saturated carbocycles. The molecule has 0 aromatic heterocycles. The first-order chi connectivity index (χ1) is 17.2. The van der Waals surface area contributed by atoms with Gasteiger partial charge in [-0.25, -0.2) is 9.18 Å². The maximum absolute atomic E-state index is 14.1. The van der Waals surface area contributed by atoms with Crippen LogP contribution in [0.15, 0.2) is 83.4 Å². The molecule has 3 rings (SSSR count). The molecular weight excluding hydrogens is 529 g/mol. The lowest BCUT2D eigenvalue weighted by Gasteiger charge is -2.25. The molecular formula is C27H27BrFN3O4. The van der Waals surface area contributed by atoms with Gasteiger partial charge in [0.25, 0.3) is 0 Å². The zero-order valence-electron chi connectivity index (χ0n) is 19.6. The lowest BCUT2D eigenvalue weighted by Crippen LogP contribution is -2.22. The molecule has 2 atom stereocenters. The number of carbonyl (C=O) groups is 2. The van der Waals surface area contributed by atoms with Crippen molar-refractivity contribution in [1.82, 2.24) is 0 Å². The van der Waals surface area contributed by atoms with E-state index in [1.165, 1.54) is 18.2 Å². The molecule has 0 aliphatic carbocycles. The SMILES string of the molecule is C[C@@H](CC/C=C/C(=O)Nc1ccccc1N)[C@@H](OC(=O)Nc1ccc(Br)cc1)c1ccc(O)c(F)c1. The van der Waals surface area contributed by atoms with Crippen LogP contribution in [0.25, 0.3) is 0 Å². The molecule has 0 heterocycles. The number of nitrogens with one attached hydrogen (secondary N) is 2.